The second kappa shape index (κ2) is 7.36. The zero-order chi connectivity index (χ0) is 15.9. The van der Waals surface area contributed by atoms with E-state index in [9.17, 15) is 9.59 Å². The molecule has 1 heterocycles. The fraction of sp³-hybridized carbons (Fsp3) is 0.235. The number of nitrogens with one attached hydrogen (secondary N) is 2. The van der Waals surface area contributed by atoms with Gasteiger partial charge in [0.1, 0.15) is 5.69 Å². The first-order valence-corrected chi connectivity index (χ1v) is 7.22. The van der Waals surface area contributed by atoms with E-state index in [4.69, 9.17) is 0 Å². The van der Waals surface area contributed by atoms with Gasteiger partial charge in [-0.2, -0.15) is 0 Å². The van der Waals surface area contributed by atoms with Crippen LogP contribution in [0.25, 0.3) is 0 Å². The van der Waals surface area contributed by atoms with Gasteiger partial charge in [-0.05, 0) is 37.6 Å². The van der Waals surface area contributed by atoms with Gasteiger partial charge in [0.25, 0.3) is 5.91 Å². The fourth-order valence-electron chi connectivity index (χ4n) is 1.91. The highest BCUT2D eigenvalue weighted by atomic mass is 16.2. The monoisotopic (exact) mass is 297 g/mol. The summed E-state index contributed by atoms with van der Waals surface area (Å²) in [5, 5.41) is 5.94. The zero-order valence-corrected chi connectivity index (χ0v) is 12.7. The quantitative estimate of drug-likeness (QED) is 0.802. The average molecular weight is 297 g/mol. The van der Waals surface area contributed by atoms with E-state index in [0.717, 1.165) is 18.7 Å². The molecule has 0 radical (unpaired) electrons. The van der Waals surface area contributed by atoms with E-state index in [1.165, 1.54) is 6.92 Å². The first-order valence-electron chi connectivity index (χ1n) is 7.22. The van der Waals surface area contributed by atoms with Gasteiger partial charge in [-0.1, -0.05) is 19.1 Å². The molecule has 0 bridgehead atoms. The molecule has 2 N–H and O–H groups in total. The van der Waals surface area contributed by atoms with Crippen LogP contribution in [-0.2, 0) is 0 Å². The number of pyridine rings is 1. The van der Waals surface area contributed by atoms with Crippen LogP contribution < -0.4 is 10.6 Å². The van der Waals surface area contributed by atoms with Crippen LogP contribution >= 0.6 is 0 Å². The molecular weight excluding hydrogens is 278 g/mol. The second-order valence-corrected chi connectivity index (χ2v) is 4.95. The van der Waals surface area contributed by atoms with Crippen LogP contribution in [0.3, 0.4) is 0 Å². The van der Waals surface area contributed by atoms with Gasteiger partial charge in [0.15, 0.2) is 5.78 Å². The number of aromatic nitrogens is 1. The highest BCUT2D eigenvalue weighted by molar-refractivity contribution is 6.04. The summed E-state index contributed by atoms with van der Waals surface area (Å²) in [7, 11) is 0. The van der Waals surface area contributed by atoms with Crippen molar-refractivity contribution < 1.29 is 9.59 Å². The minimum Gasteiger partial charge on any atom is -0.384 e. The van der Waals surface area contributed by atoms with E-state index in [1.54, 1.807) is 36.5 Å². The topological polar surface area (TPSA) is 71.1 Å². The molecule has 5 nitrogen and oxygen atoms in total. The van der Waals surface area contributed by atoms with Gasteiger partial charge in [-0.25, -0.2) is 4.98 Å². The maximum atomic E-state index is 12.1. The van der Waals surface area contributed by atoms with E-state index >= 15 is 0 Å². The number of nitrogens with zero attached hydrogens (tertiary/aromatic N) is 1. The highest BCUT2D eigenvalue weighted by Gasteiger charge is 2.08. The fourth-order valence-corrected chi connectivity index (χ4v) is 1.91. The molecule has 5 heteroatoms. The molecule has 22 heavy (non-hydrogen) atoms. The van der Waals surface area contributed by atoms with E-state index in [2.05, 4.69) is 22.5 Å². The Kier molecular flexibility index (Phi) is 5.25. The molecule has 0 saturated carbocycles. The van der Waals surface area contributed by atoms with Gasteiger partial charge < -0.3 is 10.6 Å². The van der Waals surface area contributed by atoms with Crippen molar-refractivity contribution in [2.45, 2.75) is 20.3 Å². The lowest BCUT2D eigenvalue weighted by Gasteiger charge is -2.07. The molecule has 0 aliphatic rings. The van der Waals surface area contributed by atoms with Crippen molar-refractivity contribution in [3.8, 4) is 0 Å². The van der Waals surface area contributed by atoms with E-state index in [1.807, 2.05) is 6.07 Å². The Bertz CT molecular complexity index is 666. The first kappa shape index (κ1) is 15.7. The highest BCUT2D eigenvalue weighted by Crippen LogP contribution is 2.13. The van der Waals surface area contributed by atoms with Crippen LogP contribution in [0.15, 0.2) is 42.6 Å². The Morgan fingerprint density at radius 2 is 1.95 bits per heavy atom. The van der Waals surface area contributed by atoms with Gasteiger partial charge in [0.2, 0.25) is 0 Å². The van der Waals surface area contributed by atoms with Gasteiger partial charge in [-0.15, -0.1) is 0 Å². The summed E-state index contributed by atoms with van der Waals surface area (Å²) in [5.74, 6) is -0.344. The van der Waals surface area contributed by atoms with Crippen LogP contribution in [0.2, 0.25) is 0 Å². The molecule has 0 fully saturated rings. The Balaban J connectivity index is 2.05. The largest absolute Gasteiger partial charge is 0.384 e. The molecule has 1 aromatic heterocycles. The Morgan fingerprint density at radius 1 is 1.14 bits per heavy atom. The van der Waals surface area contributed by atoms with Gasteiger partial charge >= 0.3 is 0 Å². The van der Waals surface area contributed by atoms with Crippen molar-refractivity contribution >= 4 is 23.1 Å². The minimum absolute atomic E-state index is 0.0411. The third-order valence-electron chi connectivity index (χ3n) is 3.10. The average Bonchev–Trinajstić information content (AvgIpc) is 2.53. The molecule has 114 valence electrons. The number of hydrogen-bond donors (Lipinski definition) is 2. The van der Waals surface area contributed by atoms with Gasteiger partial charge in [0, 0.05) is 17.8 Å². The first-order chi connectivity index (χ1) is 10.6. The van der Waals surface area contributed by atoms with Crippen molar-refractivity contribution in [1.82, 2.24) is 4.98 Å². The van der Waals surface area contributed by atoms with Crippen molar-refractivity contribution in [1.29, 1.82) is 0 Å². The zero-order valence-electron chi connectivity index (χ0n) is 12.7. The summed E-state index contributed by atoms with van der Waals surface area (Å²) >= 11 is 0. The normalized spacial score (nSPS) is 10.1. The molecule has 0 saturated heterocycles. The summed E-state index contributed by atoms with van der Waals surface area (Å²) in [6.45, 7) is 4.44. The summed E-state index contributed by atoms with van der Waals surface area (Å²) in [5.41, 5.74) is 2.35. The molecular formula is C17H19N3O2. The molecule has 2 rings (SSSR count). The molecule has 0 spiro atoms. The van der Waals surface area contributed by atoms with Crippen LogP contribution in [0.5, 0.6) is 0 Å². The van der Waals surface area contributed by atoms with Crippen molar-refractivity contribution in [2.24, 2.45) is 0 Å². The van der Waals surface area contributed by atoms with Crippen LogP contribution in [0, 0.1) is 0 Å². The van der Waals surface area contributed by atoms with Crippen LogP contribution in [0.1, 0.15) is 41.1 Å². The number of amides is 1. The number of carbonyl (C=O) groups excluding carboxylic acids is 2. The number of Topliss-reactive ketones (excluding diaryl/α,β-unsaturated/α-hetero) is 1. The van der Waals surface area contributed by atoms with Gasteiger partial charge in [0.05, 0.1) is 11.9 Å². The molecule has 1 amide bonds. The maximum absolute atomic E-state index is 12.1. The van der Waals surface area contributed by atoms with Crippen LogP contribution in [0.4, 0.5) is 11.4 Å². The third-order valence-corrected chi connectivity index (χ3v) is 3.10. The second-order valence-electron chi connectivity index (χ2n) is 4.95. The predicted molar refractivity (Wildman–Crippen MR) is 87.4 cm³/mol. The number of benzene rings is 1. The number of anilines is 2. The maximum Gasteiger partial charge on any atom is 0.274 e. The molecule has 0 atom stereocenters. The van der Waals surface area contributed by atoms with Crippen LogP contribution in [-0.4, -0.2) is 23.2 Å². The van der Waals surface area contributed by atoms with E-state index < -0.39 is 0 Å². The summed E-state index contributed by atoms with van der Waals surface area (Å²) in [6, 6.07) is 10.3. The number of rotatable bonds is 6. The minimum atomic E-state index is -0.303. The summed E-state index contributed by atoms with van der Waals surface area (Å²) < 4.78 is 0. The SMILES string of the molecule is CCCNc1ccc(C(=O)Nc2cccc(C(C)=O)c2)nc1. The lowest BCUT2D eigenvalue weighted by Crippen LogP contribution is -2.14. The van der Waals surface area contributed by atoms with Gasteiger partial charge in [-0.3, -0.25) is 9.59 Å². The summed E-state index contributed by atoms with van der Waals surface area (Å²) in [4.78, 5) is 27.6. The number of ketones is 1. The Hall–Kier alpha value is -2.69. The van der Waals surface area contributed by atoms with Crippen molar-refractivity contribution in [3.05, 3.63) is 53.9 Å². The summed E-state index contributed by atoms with van der Waals surface area (Å²) in [6.07, 6.45) is 2.66. The third kappa shape index (κ3) is 4.15. The molecule has 2 aromatic rings. The van der Waals surface area contributed by atoms with Crippen molar-refractivity contribution in [3.63, 3.8) is 0 Å². The lowest BCUT2D eigenvalue weighted by atomic mass is 10.1. The van der Waals surface area contributed by atoms with E-state index in [-0.39, 0.29) is 11.7 Å². The van der Waals surface area contributed by atoms with E-state index in [0.29, 0.717) is 16.9 Å². The predicted octanol–water partition coefficient (Wildman–Crippen LogP) is 3.36. The number of carbonyl (C=O) groups is 2. The smallest absolute Gasteiger partial charge is 0.274 e. The molecule has 0 aliphatic heterocycles. The molecule has 1 aromatic carbocycles. The lowest BCUT2D eigenvalue weighted by molar-refractivity contribution is 0.100. The molecule has 0 unspecified atom stereocenters. The Labute approximate surface area is 129 Å². The van der Waals surface area contributed by atoms with Crippen molar-refractivity contribution in [2.75, 3.05) is 17.2 Å². The molecule has 0 aliphatic carbocycles. The standard InChI is InChI=1S/C17H19N3O2/c1-3-9-18-15-7-8-16(19-11-15)17(22)20-14-6-4-5-13(10-14)12(2)21/h4-8,10-11,18H,3,9H2,1-2H3,(H,20,22). The Morgan fingerprint density at radius 3 is 2.59 bits per heavy atom. The number of hydrogen-bond acceptors (Lipinski definition) is 4.